The number of benzene rings is 1. The quantitative estimate of drug-likeness (QED) is 0.755. The Morgan fingerprint density at radius 2 is 2.08 bits per heavy atom. The lowest BCUT2D eigenvalue weighted by atomic mass is 10.0. The van der Waals surface area contributed by atoms with Gasteiger partial charge in [-0.1, -0.05) is 34.5 Å². The van der Waals surface area contributed by atoms with Gasteiger partial charge in [0, 0.05) is 40.9 Å². The second-order valence-electron chi connectivity index (χ2n) is 6.31. The molecular weight excluding hydrogens is 426 g/mol. The van der Waals surface area contributed by atoms with Crippen molar-refractivity contribution < 1.29 is 8.42 Å². The third-order valence-corrected chi connectivity index (χ3v) is 6.78. The molecule has 2 aromatic rings. The van der Waals surface area contributed by atoms with E-state index in [-0.39, 0.29) is 11.8 Å². The zero-order valence-electron chi connectivity index (χ0n) is 14.0. The van der Waals surface area contributed by atoms with Crippen molar-refractivity contribution in [3.63, 3.8) is 0 Å². The van der Waals surface area contributed by atoms with Crippen LogP contribution in [0.1, 0.15) is 26.2 Å². The molecule has 0 bridgehead atoms. The molecule has 0 atom stereocenters. The molecule has 136 valence electrons. The van der Waals surface area contributed by atoms with E-state index >= 15 is 0 Å². The number of hydrogen-bond acceptors (Lipinski definition) is 4. The minimum Gasteiger partial charge on any atom is -0.371 e. The molecule has 0 radical (unpaired) electrons. The maximum atomic E-state index is 11.9. The predicted molar refractivity (Wildman–Crippen MR) is 107 cm³/mol. The number of anilines is 1. The first-order valence-corrected chi connectivity index (χ1v) is 11.2. The van der Waals surface area contributed by atoms with Crippen LogP contribution in [0, 0.1) is 0 Å². The molecule has 1 aromatic heterocycles. The van der Waals surface area contributed by atoms with E-state index in [2.05, 4.69) is 30.5 Å². The molecule has 1 aliphatic rings. The molecule has 1 N–H and O–H groups in total. The van der Waals surface area contributed by atoms with E-state index in [9.17, 15) is 8.42 Å². The number of rotatable bonds is 5. The molecule has 0 saturated carbocycles. The monoisotopic (exact) mass is 445 g/mol. The summed E-state index contributed by atoms with van der Waals surface area (Å²) in [5.74, 6) is 0.189. The second-order valence-corrected chi connectivity index (χ2v) is 9.51. The summed E-state index contributed by atoms with van der Waals surface area (Å²) in [6.07, 6.45) is 3.98. The van der Waals surface area contributed by atoms with Gasteiger partial charge in [-0.05, 0) is 37.5 Å². The average Bonchev–Trinajstić information content (AvgIpc) is 2.54. The Kier molecular flexibility index (Phi) is 5.88. The van der Waals surface area contributed by atoms with Crippen LogP contribution in [0.4, 0.5) is 5.69 Å². The summed E-state index contributed by atoms with van der Waals surface area (Å²) in [7, 11) is -3.16. The molecular formula is C17H21BrClN3O2S. The van der Waals surface area contributed by atoms with Gasteiger partial charge >= 0.3 is 0 Å². The Bertz CT molecular complexity index is 868. The van der Waals surface area contributed by atoms with Crippen LogP contribution in [0.25, 0.3) is 10.9 Å². The fraction of sp³-hybridized carbons (Fsp3) is 0.471. The maximum absolute atomic E-state index is 11.9. The fourth-order valence-corrected chi connectivity index (χ4v) is 5.52. The smallest absolute Gasteiger partial charge is 0.211 e. The van der Waals surface area contributed by atoms with E-state index in [4.69, 9.17) is 11.6 Å². The molecule has 3 rings (SSSR count). The van der Waals surface area contributed by atoms with Crippen molar-refractivity contribution in [2.75, 3.05) is 23.7 Å². The molecule has 0 aliphatic carbocycles. The summed E-state index contributed by atoms with van der Waals surface area (Å²) in [5, 5.41) is 1.63. The molecule has 2 heterocycles. The molecule has 25 heavy (non-hydrogen) atoms. The Morgan fingerprint density at radius 1 is 1.36 bits per heavy atom. The Balaban J connectivity index is 1.77. The highest BCUT2D eigenvalue weighted by atomic mass is 79.9. The minimum absolute atomic E-state index is 0.0104. The van der Waals surface area contributed by atoms with Crippen molar-refractivity contribution in [1.29, 1.82) is 0 Å². The first-order valence-electron chi connectivity index (χ1n) is 8.38. The molecule has 1 saturated heterocycles. The largest absolute Gasteiger partial charge is 0.371 e. The molecule has 8 heteroatoms. The van der Waals surface area contributed by atoms with Crippen molar-refractivity contribution in [3.8, 4) is 0 Å². The maximum Gasteiger partial charge on any atom is 0.211 e. The van der Waals surface area contributed by atoms with E-state index in [1.54, 1.807) is 6.20 Å². The SMILES string of the molecule is CCCS(=O)(=O)NC1CCN(c2ccnc3c(Cl)cc(Br)cc23)CC1. The lowest BCUT2D eigenvalue weighted by Crippen LogP contribution is -2.45. The van der Waals surface area contributed by atoms with Crippen LogP contribution in [-0.2, 0) is 10.0 Å². The third kappa shape index (κ3) is 4.45. The molecule has 1 aliphatic heterocycles. The summed E-state index contributed by atoms with van der Waals surface area (Å²) < 4.78 is 27.6. The van der Waals surface area contributed by atoms with Gasteiger partial charge in [-0.25, -0.2) is 13.1 Å². The standard InChI is InChI=1S/C17H21BrClN3O2S/c1-2-9-25(23,24)21-13-4-7-22(8-5-13)16-3-6-20-17-14(16)10-12(18)11-15(17)19/h3,6,10-11,13,21H,2,4-5,7-9H2,1H3. The van der Waals surface area contributed by atoms with Gasteiger partial charge in [0.1, 0.15) is 0 Å². The van der Waals surface area contributed by atoms with Gasteiger partial charge in [-0.2, -0.15) is 0 Å². The molecule has 0 amide bonds. The normalized spacial score (nSPS) is 16.5. The second kappa shape index (κ2) is 7.78. The van der Waals surface area contributed by atoms with E-state index in [0.717, 1.165) is 47.0 Å². The Hall–Kier alpha value is -0.890. The summed E-state index contributed by atoms with van der Waals surface area (Å²) in [6, 6.07) is 5.87. The average molecular weight is 447 g/mol. The van der Waals surface area contributed by atoms with Crippen LogP contribution in [0.5, 0.6) is 0 Å². The minimum atomic E-state index is -3.16. The number of nitrogens with one attached hydrogen (secondary N) is 1. The van der Waals surface area contributed by atoms with E-state index < -0.39 is 10.0 Å². The zero-order chi connectivity index (χ0) is 18.0. The molecule has 0 spiro atoms. The summed E-state index contributed by atoms with van der Waals surface area (Å²) >= 11 is 9.80. The van der Waals surface area contributed by atoms with Crippen molar-refractivity contribution in [3.05, 3.63) is 33.9 Å². The Labute approximate surface area is 161 Å². The molecule has 1 fully saturated rings. The highest BCUT2D eigenvalue weighted by Crippen LogP contribution is 2.34. The molecule has 0 unspecified atom stereocenters. The van der Waals surface area contributed by atoms with Crippen LogP contribution < -0.4 is 9.62 Å². The summed E-state index contributed by atoms with van der Waals surface area (Å²) in [6.45, 7) is 3.46. The first kappa shape index (κ1) is 18.9. The molecule has 5 nitrogen and oxygen atoms in total. The Morgan fingerprint density at radius 3 is 2.76 bits per heavy atom. The van der Waals surface area contributed by atoms with Crippen molar-refractivity contribution in [1.82, 2.24) is 9.71 Å². The lowest BCUT2D eigenvalue weighted by molar-refractivity contribution is 0.460. The van der Waals surface area contributed by atoms with Gasteiger partial charge in [-0.3, -0.25) is 4.98 Å². The highest BCUT2D eigenvalue weighted by molar-refractivity contribution is 9.10. The number of fused-ring (bicyclic) bond motifs is 1. The summed E-state index contributed by atoms with van der Waals surface area (Å²) in [4.78, 5) is 6.67. The zero-order valence-corrected chi connectivity index (χ0v) is 17.2. The summed E-state index contributed by atoms with van der Waals surface area (Å²) in [5.41, 5.74) is 1.87. The number of piperidine rings is 1. The number of sulfonamides is 1. The van der Waals surface area contributed by atoms with Crippen molar-refractivity contribution in [2.45, 2.75) is 32.2 Å². The lowest BCUT2D eigenvalue weighted by Gasteiger charge is -2.34. The van der Waals surface area contributed by atoms with E-state index in [1.165, 1.54) is 0 Å². The van der Waals surface area contributed by atoms with Crippen LogP contribution >= 0.6 is 27.5 Å². The van der Waals surface area contributed by atoms with Crippen LogP contribution in [0.3, 0.4) is 0 Å². The fourth-order valence-electron chi connectivity index (χ4n) is 3.26. The first-order chi connectivity index (χ1) is 11.9. The van der Waals surface area contributed by atoms with Gasteiger partial charge in [0.25, 0.3) is 0 Å². The predicted octanol–water partition coefficient (Wildman–Crippen LogP) is 3.95. The molecule has 1 aromatic carbocycles. The van der Waals surface area contributed by atoms with Gasteiger partial charge in [0.05, 0.1) is 16.3 Å². The van der Waals surface area contributed by atoms with Crippen LogP contribution in [-0.4, -0.2) is 38.3 Å². The van der Waals surface area contributed by atoms with Crippen LogP contribution in [0.2, 0.25) is 5.02 Å². The number of hydrogen-bond donors (Lipinski definition) is 1. The van der Waals surface area contributed by atoms with Crippen molar-refractivity contribution in [2.24, 2.45) is 0 Å². The van der Waals surface area contributed by atoms with Gasteiger partial charge in [-0.15, -0.1) is 0 Å². The number of pyridine rings is 1. The number of nitrogens with zero attached hydrogens (tertiary/aromatic N) is 2. The van der Waals surface area contributed by atoms with Gasteiger partial charge in [0.15, 0.2) is 0 Å². The van der Waals surface area contributed by atoms with E-state index in [1.807, 2.05) is 25.1 Å². The topological polar surface area (TPSA) is 62.3 Å². The highest BCUT2D eigenvalue weighted by Gasteiger charge is 2.24. The number of aromatic nitrogens is 1. The van der Waals surface area contributed by atoms with Crippen molar-refractivity contribution >= 4 is 54.1 Å². The van der Waals surface area contributed by atoms with Gasteiger partial charge in [0.2, 0.25) is 10.0 Å². The number of halogens is 2. The van der Waals surface area contributed by atoms with Crippen LogP contribution in [0.15, 0.2) is 28.9 Å². The van der Waals surface area contributed by atoms with Gasteiger partial charge < -0.3 is 4.90 Å². The van der Waals surface area contributed by atoms with E-state index in [0.29, 0.717) is 11.4 Å². The third-order valence-electron chi connectivity index (χ3n) is 4.39.